The molecule has 1 fully saturated rings. The van der Waals surface area contributed by atoms with Gasteiger partial charge in [-0.25, -0.2) is 0 Å². The first-order chi connectivity index (χ1) is 8.65. The zero-order valence-electron chi connectivity index (χ0n) is 9.59. The molecule has 1 atom stereocenters. The van der Waals surface area contributed by atoms with Gasteiger partial charge in [0.25, 0.3) is 0 Å². The van der Waals surface area contributed by atoms with Gasteiger partial charge in [0.2, 0.25) is 11.0 Å². The fraction of sp³-hybridized carbons (Fsp3) is 0.333. The van der Waals surface area contributed by atoms with Crippen molar-refractivity contribution in [1.29, 1.82) is 0 Å². The highest BCUT2D eigenvalue weighted by molar-refractivity contribution is 8.14. The number of hydrogen-bond donors (Lipinski definition) is 2. The number of hydrogen-bond acceptors (Lipinski definition) is 5. The van der Waals surface area contributed by atoms with Crippen LogP contribution >= 0.6 is 23.5 Å². The standard InChI is InChI=1S/C12H13NO3S2/c14-8-1-3-9(4-2-8)18-7-11(15)13-10-5-6-17-12(10)16/h1-4,10,14H,5-7H2,(H,13,15)/t10-/m1/s1. The lowest BCUT2D eigenvalue weighted by Crippen LogP contribution is -2.38. The number of rotatable bonds is 4. The summed E-state index contributed by atoms with van der Waals surface area (Å²) in [6.07, 6.45) is 0.721. The zero-order valence-corrected chi connectivity index (χ0v) is 11.2. The highest BCUT2D eigenvalue weighted by Crippen LogP contribution is 2.22. The molecule has 2 N–H and O–H groups in total. The van der Waals surface area contributed by atoms with Gasteiger partial charge in [0, 0.05) is 10.6 Å². The van der Waals surface area contributed by atoms with E-state index in [1.165, 1.54) is 23.5 Å². The number of carbonyl (C=O) groups is 2. The Morgan fingerprint density at radius 3 is 2.78 bits per heavy atom. The molecule has 1 saturated heterocycles. The minimum absolute atomic E-state index is 0.0537. The van der Waals surface area contributed by atoms with Crippen molar-refractivity contribution >= 4 is 34.5 Å². The summed E-state index contributed by atoms with van der Waals surface area (Å²) < 4.78 is 0. The first-order valence-corrected chi connectivity index (χ1v) is 7.50. The third-order valence-electron chi connectivity index (χ3n) is 2.48. The van der Waals surface area contributed by atoms with Gasteiger partial charge in [-0.1, -0.05) is 11.8 Å². The molecule has 6 heteroatoms. The highest BCUT2D eigenvalue weighted by atomic mass is 32.2. The lowest BCUT2D eigenvalue weighted by atomic mass is 10.2. The Balaban J connectivity index is 1.78. The third-order valence-corrected chi connectivity index (χ3v) is 4.50. The van der Waals surface area contributed by atoms with Crippen molar-refractivity contribution in [3.8, 4) is 5.75 Å². The molecule has 1 aliphatic rings. The third kappa shape index (κ3) is 3.68. The zero-order chi connectivity index (χ0) is 13.0. The van der Waals surface area contributed by atoms with Crippen molar-refractivity contribution in [1.82, 2.24) is 5.32 Å². The molecule has 2 rings (SSSR count). The monoisotopic (exact) mass is 283 g/mol. The molecule has 0 aliphatic carbocycles. The molecule has 18 heavy (non-hydrogen) atoms. The number of thioether (sulfide) groups is 2. The van der Waals surface area contributed by atoms with Gasteiger partial charge in [-0.2, -0.15) is 0 Å². The molecule has 0 bridgehead atoms. The van der Waals surface area contributed by atoms with Crippen LogP contribution in [0.1, 0.15) is 6.42 Å². The van der Waals surface area contributed by atoms with Crippen LogP contribution in [0.3, 0.4) is 0 Å². The first kappa shape index (κ1) is 13.3. The number of amides is 1. The van der Waals surface area contributed by atoms with Gasteiger partial charge in [0.15, 0.2) is 0 Å². The molecule has 1 aromatic rings. The van der Waals surface area contributed by atoms with Gasteiger partial charge >= 0.3 is 0 Å². The van der Waals surface area contributed by atoms with Crippen LogP contribution in [-0.4, -0.2) is 33.7 Å². The second-order valence-electron chi connectivity index (χ2n) is 3.86. The van der Waals surface area contributed by atoms with E-state index in [1.54, 1.807) is 24.3 Å². The van der Waals surface area contributed by atoms with Crippen LogP contribution in [0, 0.1) is 0 Å². The van der Waals surface area contributed by atoms with Crippen molar-refractivity contribution in [2.75, 3.05) is 11.5 Å². The predicted molar refractivity (Wildman–Crippen MR) is 72.8 cm³/mol. The fourth-order valence-electron chi connectivity index (χ4n) is 1.55. The maximum Gasteiger partial charge on any atom is 0.230 e. The quantitative estimate of drug-likeness (QED) is 0.822. The first-order valence-electron chi connectivity index (χ1n) is 5.53. The van der Waals surface area contributed by atoms with Crippen molar-refractivity contribution in [2.24, 2.45) is 0 Å². The SMILES string of the molecule is O=C(CSc1ccc(O)cc1)N[C@@H]1CCSC1=O. The number of phenols is 1. The Labute approximate surface area is 114 Å². The molecule has 1 aromatic carbocycles. The maximum absolute atomic E-state index is 11.6. The molecule has 0 unspecified atom stereocenters. The Morgan fingerprint density at radius 2 is 2.17 bits per heavy atom. The summed E-state index contributed by atoms with van der Waals surface area (Å²) >= 11 is 2.66. The summed E-state index contributed by atoms with van der Waals surface area (Å²) in [5.41, 5.74) is 0. The van der Waals surface area contributed by atoms with Crippen LogP contribution in [0.25, 0.3) is 0 Å². The predicted octanol–water partition coefficient (Wildman–Crippen LogP) is 1.63. The maximum atomic E-state index is 11.6. The normalized spacial score (nSPS) is 18.9. The minimum Gasteiger partial charge on any atom is -0.508 e. The van der Waals surface area contributed by atoms with E-state index in [0.29, 0.717) is 0 Å². The number of benzene rings is 1. The molecule has 1 heterocycles. The molecule has 1 aliphatic heterocycles. The van der Waals surface area contributed by atoms with Crippen LogP contribution < -0.4 is 5.32 Å². The number of phenolic OH excluding ortho intramolecular Hbond substituents is 1. The molecule has 96 valence electrons. The van der Waals surface area contributed by atoms with Crippen LogP contribution in [0.5, 0.6) is 5.75 Å². The average Bonchev–Trinajstić information content (AvgIpc) is 2.74. The molecule has 1 amide bonds. The fourth-order valence-corrected chi connectivity index (χ4v) is 3.20. The van der Waals surface area contributed by atoms with E-state index in [1.807, 2.05) is 0 Å². The molecule has 4 nitrogen and oxygen atoms in total. The molecule has 0 spiro atoms. The second kappa shape index (κ2) is 6.15. The summed E-state index contributed by atoms with van der Waals surface area (Å²) in [5.74, 6) is 1.14. The van der Waals surface area contributed by atoms with Gasteiger partial charge < -0.3 is 10.4 Å². The minimum atomic E-state index is -0.317. The van der Waals surface area contributed by atoms with Crippen molar-refractivity contribution in [3.63, 3.8) is 0 Å². The van der Waals surface area contributed by atoms with Crippen LogP contribution in [0.2, 0.25) is 0 Å². The van der Waals surface area contributed by atoms with Crippen LogP contribution in [0.4, 0.5) is 0 Å². The van der Waals surface area contributed by atoms with Crippen LogP contribution in [0.15, 0.2) is 29.2 Å². The number of aromatic hydroxyl groups is 1. The molecular weight excluding hydrogens is 270 g/mol. The topological polar surface area (TPSA) is 66.4 Å². The lowest BCUT2D eigenvalue weighted by Gasteiger charge is -2.09. The van der Waals surface area contributed by atoms with Gasteiger partial charge in [-0.15, -0.1) is 11.8 Å². The van der Waals surface area contributed by atoms with Gasteiger partial charge in [-0.05, 0) is 30.7 Å². The van der Waals surface area contributed by atoms with Crippen molar-refractivity contribution < 1.29 is 14.7 Å². The molecule has 0 aromatic heterocycles. The van der Waals surface area contributed by atoms with Gasteiger partial charge in [-0.3, -0.25) is 9.59 Å². The van der Waals surface area contributed by atoms with E-state index in [2.05, 4.69) is 5.32 Å². The lowest BCUT2D eigenvalue weighted by molar-refractivity contribution is -0.122. The smallest absolute Gasteiger partial charge is 0.230 e. The van der Waals surface area contributed by atoms with E-state index in [4.69, 9.17) is 5.11 Å². The van der Waals surface area contributed by atoms with Gasteiger partial charge in [0.05, 0.1) is 11.8 Å². The van der Waals surface area contributed by atoms with Crippen LogP contribution in [-0.2, 0) is 9.59 Å². The summed E-state index contributed by atoms with van der Waals surface area (Å²) in [5, 5.41) is 11.9. The Morgan fingerprint density at radius 1 is 1.44 bits per heavy atom. The Bertz CT molecular complexity index is 447. The largest absolute Gasteiger partial charge is 0.508 e. The molecule has 0 radical (unpaired) electrons. The summed E-state index contributed by atoms with van der Waals surface area (Å²) in [7, 11) is 0. The number of carbonyl (C=O) groups excluding carboxylic acids is 2. The van der Waals surface area contributed by atoms with Crippen molar-refractivity contribution in [3.05, 3.63) is 24.3 Å². The summed E-state index contributed by atoms with van der Waals surface area (Å²) in [4.78, 5) is 23.9. The second-order valence-corrected chi connectivity index (χ2v) is 6.01. The van der Waals surface area contributed by atoms with E-state index in [-0.39, 0.29) is 28.6 Å². The highest BCUT2D eigenvalue weighted by Gasteiger charge is 2.26. The Kier molecular flexibility index (Phi) is 4.54. The van der Waals surface area contributed by atoms with Gasteiger partial charge in [0.1, 0.15) is 5.75 Å². The molecule has 0 saturated carbocycles. The van der Waals surface area contributed by atoms with Crippen molar-refractivity contribution in [2.45, 2.75) is 17.4 Å². The Hall–Kier alpha value is -1.14. The number of nitrogens with one attached hydrogen (secondary N) is 1. The average molecular weight is 283 g/mol. The van der Waals surface area contributed by atoms with E-state index >= 15 is 0 Å². The molecular formula is C12H13NO3S2. The van der Waals surface area contributed by atoms with E-state index in [9.17, 15) is 9.59 Å². The van der Waals surface area contributed by atoms with E-state index in [0.717, 1.165) is 17.1 Å². The van der Waals surface area contributed by atoms with E-state index < -0.39 is 0 Å². The summed E-state index contributed by atoms with van der Waals surface area (Å²) in [6, 6.07) is 6.35. The summed E-state index contributed by atoms with van der Waals surface area (Å²) in [6.45, 7) is 0.